The van der Waals surface area contributed by atoms with Gasteiger partial charge in [-0.2, -0.15) is 0 Å². The molecule has 0 bridgehead atoms. The van der Waals surface area contributed by atoms with Crippen molar-refractivity contribution < 1.29 is 28.5 Å². The van der Waals surface area contributed by atoms with Crippen molar-refractivity contribution in [3.63, 3.8) is 0 Å². The number of esters is 1. The lowest BCUT2D eigenvalue weighted by molar-refractivity contribution is -0.139. The summed E-state index contributed by atoms with van der Waals surface area (Å²) in [7, 11) is 0. The number of carbonyl (C=O) groups is 1. The molecule has 0 heterocycles. The van der Waals surface area contributed by atoms with Crippen LogP contribution in [0.5, 0.6) is 0 Å². The molecular weight excluding hydrogens is 252 g/mol. The van der Waals surface area contributed by atoms with Gasteiger partial charge in [0.05, 0.1) is 45.9 Å². The van der Waals surface area contributed by atoms with Gasteiger partial charge in [0.15, 0.2) is 0 Å². The molecule has 0 aliphatic heterocycles. The molecule has 0 amide bonds. The summed E-state index contributed by atoms with van der Waals surface area (Å²) in [5, 5.41) is 0. The van der Waals surface area contributed by atoms with Gasteiger partial charge in [-0.1, -0.05) is 13.2 Å². The molecule has 0 aliphatic rings. The maximum atomic E-state index is 10.7. The van der Waals surface area contributed by atoms with E-state index in [0.717, 1.165) is 6.08 Å². The summed E-state index contributed by atoms with van der Waals surface area (Å²) >= 11 is 0. The molecule has 0 rings (SSSR count). The fraction of sp³-hybridized carbons (Fsp3) is 0.615. The Balaban J connectivity index is 3.00. The Morgan fingerprint density at radius 2 is 1.26 bits per heavy atom. The van der Waals surface area contributed by atoms with E-state index in [-0.39, 0.29) is 6.61 Å². The monoisotopic (exact) mass is 274 g/mol. The van der Waals surface area contributed by atoms with E-state index in [1.54, 1.807) is 0 Å². The molecule has 6 nitrogen and oxygen atoms in total. The first kappa shape index (κ1) is 17.6. The van der Waals surface area contributed by atoms with Crippen LogP contribution in [0.15, 0.2) is 25.5 Å². The summed E-state index contributed by atoms with van der Waals surface area (Å²) in [6.45, 7) is 10.2. The summed E-state index contributed by atoms with van der Waals surface area (Å²) < 4.78 is 25.2. The molecule has 0 N–H and O–H groups in total. The van der Waals surface area contributed by atoms with Crippen molar-refractivity contribution in [1.29, 1.82) is 0 Å². The molecule has 0 aromatic heterocycles. The number of hydrogen-bond acceptors (Lipinski definition) is 6. The first-order valence-electron chi connectivity index (χ1n) is 6.06. The molecular formula is C13H22O6. The second-order valence-electron chi connectivity index (χ2n) is 3.25. The highest BCUT2D eigenvalue weighted by Gasteiger charge is 1.95. The Hall–Kier alpha value is -1.37. The van der Waals surface area contributed by atoms with Gasteiger partial charge in [-0.05, 0) is 0 Å². The van der Waals surface area contributed by atoms with Crippen molar-refractivity contribution in [1.82, 2.24) is 0 Å². The Morgan fingerprint density at radius 1 is 0.789 bits per heavy atom. The lowest BCUT2D eigenvalue weighted by Gasteiger charge is -2.07. The quantitative estimate of drug-likeness (QED) is 0.203. The minimum absolute atomic E-state index is 0.220. The van der Waals surface area contributed by atoms with Crippen molar-refractivity contribution in [3.8, 4) is 0 Å². The van der Waals surface area contributed by atoms with E-state index in [1.165, 1.54) is 6.26 Å². The maximum Gasteiger partial charge on any atom is 0.330 e. The lowest BCUT2D eigenvalue weighted by Crippen LogP contribution is -2.13. The number of rotatable bonds is 14. The van der Waals surface area contributed by atoms with Gasteiger partial charge < -0.3 is 23.7 Å². The van der Waals surface area contributed by atoms with Crippen LogP contribution in [0.2, 0.25) is 0 Å². The molecule has 110 valence electrons. The zero-order chi connectivity index (χ0) is 14.2. The van der Waals surface area contributed by atoms with Crippen LogP contribution in [0.3, 0.4) is 0 Å². The maximum absolute atomic E-state index is 10.7. The summed E-state index contributed by atoms with van der Waals surface area (Å²) in [5.41, 5.74) is 0. The molecule has 6 heteroatoms. The number of carbonyl (C=O) groups excluding carboxylic acids is 1. The highest BCUT2D eigenvalue weighted by atomic mass is 16.6. The van der Waals surface area contributed by atoms with Gasteiger partial charge in [0.25, 0.3) is 0 Å². The molecule has 0 radical (unpaired) electrons. The Bertz CT molecular complexity index is 241. The van der Waals surface area contributed by atoms with E-state index in [9.17, 15) is 4.79 Å². The first-order valence-corrected chi connectivity index (χ1v) is 6.06. The normalized spacial score (nSPS) is 9.89. The fourth-order valence-electron chi connectivity index (χ4n) is 0.992. The van der Waals surface area contributed by atoms with Crippen LogP contribution < -0.4 is 0 Å². The molecule has 0 fully saturated rings. The zero-order valence-electron chi connectivity index (χ0n) is 11.2. The Kier molecular flexibility index (Phi) is 13.6. The highest BCUT2D eigenvalue weighted by Crippen LogP contribution is 1.84. The second kappa shape index (κ2) is 14.7. The lowest BCUT2D eigenvalue weighted by atomic mass is 10.6. The van der Waals surface area contributed by atoms with Crippen molar-refractivity contribution in [2.24, 2.45) is 0 Å². The Morgan fingerprint density at radius 3 is 1.74 bits per heavy atom. The van der Waals surface area contributed by atoms with Crippen molar-refractivity contribution in [2.45, 2.75) is 0 Å². The van der Waals surface area contributed by atoms with Crippen LogP contribution >= 0.6 is 0 Å². The molecule has 0 aromatic rings. The summed E-state index contributed by atoms with van der Waals surface area (Å²) in [4.78, 5) is 10.7. The van der Waals surface area contributed by atoms with Gasteiger partial charge in [0.2, 0.25) is 0 Å². The third-order valence-corrected chi connectivity index (χ3v) is 1.85. The summed E-state index contributed by atoms with van der Waals surface area (Å²) in [6, 6.07) is 0. The molecule has 0 spiro atoms. The van der Waals surface area contributed by atoms with Crippen LogP contribution in [0.1, 0.15) is 0 Å². The fourth-order valence-corrected chi connectivity index (χ4v) is 0.992. The third-order valence-electron chi connectivity index (χ3n) is 1.85. The van der Waals surface area contributed by atoms with Gasteiger partial charge in [-0.3, -0.25) is 0 Å². The average molecular weight is 274 g/mol. The van der Waals surface area contributed by atoms with E-state index in [4.69, 9.17) is 23.7 Å². The molecule has 0 saturated carbocycles. The predicted octanol–water partition coefficient (Wildman–Crippen LogP) is 0.925. The van der Waals surface area contributed by atoms with E-state index in [1.807, 2.05) is 0 Å². The molecule has 19 heavy (non-hydrogen) atoms. The molecule has 0 atom stereocenters. The third kappa shape index (κ3) is 14.6. The summed E-state index contributed by atoms with van der Waals surface area (Å²) in [6.07, 6.45) is 2.49. The van der Waals surface area contributed by atoms with Crippen molar-refractivity contribution >= 4 is 5.97 Å². The van der Waals surface area contributed by atoms with Crippen LogP contribution in [-0.4, -0.2) is 58.8 Å². The number of ether oxygens (including phenoxy) is 5. The molecule has 0 unspecified atom stereocenters. The van der Waals surface area contributed by atoms with Crippen LogP contribution in [0.25, 0.3) is 0 Å². The standard InChI is InChI=1S/C13H22O6/c1-3-13(14)19-12-11-18-10-9-17-8-7-16-6-5-15-4-2/h3-4H,1-2,5-12H2. The second-order valence-corrected chi connectivity index (χ2v) is 3.25. The van der Waals surface area contributed by atoms with Crippen molar-refractivity contribution in [3.05, 3.63) is 25.5 Å². The molecule has 0 aromatic carbocycles. The highest BCUT2D eigenvalue weighted by molar-refractivity contribution is 5.81. The van der Waals surface area contributed by atoms with Gasteiger partial charge in [-0.25, -0.2) is 4.79 Å². The van der Waals surface area contributed by atoms with E-state index in [2.05, 4.69) is 13.2 Å². The van der Waals surface area contributed by atoms with E-state index in [0.29, 0.717) is 46.2 Å². The SMILES string of the molecule is C=COCCOCCOCCOCCOC(=O)C=C. The zero-order valence-corrected chi connectivity index (χ0v) is 11.2. The molecule has 0 saturated heterocycles. The van der Waals surface area contributed by atoms with E-state index >= 15 is 0 Å². The van der Waals surface area contributed by atoms with Crippen LogP contribution in [0, 0.1) is 0 Å². The topological polar surface area (TPSA) is 63.2 Å². The minimum Gasteiger partial charge on any atom is -0.499 e. The van der Waals surface area contributed by atoms with Gasteiger partial charge in [-0.15, -0.1) is 0 Å². The predicted molar refractivity (Wildman–Crippen MR) is 69.8 cm³/mol. The Labute approximate surface area is 113 Å². The van der Waals surface area contributed by atoms with Gasteiger partial charge >= 0.3 is 5.97 Å². The smallest absolute Gasteiger partial charge is 0.330 e. The first-order chi connectivity index (χ1) is 9.31. The van der Waals surface area contributed by atoms with Crippen molar-refractivity contribution in [2.75, 3.05) is 52.9 Å². The minimum atomic E-state index is -0.447. The molecule has 0 aliphatic carbocycles. The van der Waals surface area contributed by atoms with Crippen LogP contribution in [0.4, 0.5) is 0 Å². The van der Waals surface area contributed by atoms with Gasteiger partial charge in [0.1, 0.15) is 13.2 Å². The van der Waals surface area contributed by atoms with Crippen LogP contribution in [-0.2, 0) is 28.5 Å². The van der Waals surface area contributed by atoms with Gasteiger partial charge in [0, 0.05) is 6.08 Å². The summed E-state index contributed by atoms with van der Waals surface area (Å²) in [5.74, 6) is -0.447. The average Bonchev–Trinajstić information content (AvgIpc) is 2.43. The number of hydrogen-bond donors (Lipinski definition) is 0. The largest absolute Gasteiger partial charge is 0.499 e. The van der Waals surface area contributed by atoms with E-state index < -0.39 is 5.97 Å².